The smallest absolute Gasteiger partial charge is 0.270 e. The van der Waals surface area contributed by atoms with Crippen molar-refractivity contribution < 1.29 is 18.1 Å². The Morgan fingerprint density at radius 1 is 1.07 bits per heavy atom. The molecular formula is C20H24N4O5S. The molecule has 2 N–H and O–H groups in total. The van der Waals surface area contributed by atoms with Crippen LogP contribution in [0.4, 0.5) is 11.4 Å². The Balaban J connectivity index is 1.79. The average Bonchev–Trinajstić information content (AvgIpc) is 2.73. The molecule has 0 aromatic heterocycles. The summed E-state index contributed by atoms with van der Waals surface area (Å²) in [6, 6.07) is 13.1. The number of anilines is 1. The van der Waals surface area contributed by atoms with E-state index in [-0.39, 0.29) is 16.5 Å². The molecule has 1 aliphatic rings. The van der Waals surface area contributed by atoms with Crippen LogP contribution in [0, 0.1) is 10.1 Å². The Morgan fingerprint density at radius 3 is 2.20 bits per heavy atom. The van der Waals surface area contributed by atoms with E-state index in [0.29, 0.717) is 31.9 Å². The summed E-state index contributed by atoms with van der Waals surface area (Å²) in [6.45, 7) is 5.33. The topological polar surface area (TPSA) is 127 Å². The number of benzene rings is 2. The number of hydrogen-bond donors (Lipinski definition) is 1. The van der Waals surface area contributed by atoms with Gasteiger partial charge in [-0.2, -0.15) is 0 Å². The monoisotopic (exact) mass is 432 g/mol. The zero-order chi connectivity index (χ0) is 22.1. The van der Waals surface area contributed by atoms with E-state index in [2.05, 4.69) is 0 Å². The summed E-state index contributed by atoms with van der Waals surface area (Å²) >= 11 is 0. The summed E-state index contributed by atoms with van der Waals surface area (Å²) in [5.41, 5.74) is 0.186. The number of nitro benzene ring substituents is 1. The normalized spacial score (nSPS) is 15.2. The van der Waals surface area contributed by atoms with Crippen LogP contribution < -0.4 is 10.0 Å². The first-order chi connectivity index (χ1) is 14.0. The lowest BCUT2D eigenvalue weighted by molar-refractivity contribution is -0.385. The van der Waals surface area contributed by atoms with Gasteiger partial charge in [-0.3, -0.25) is 14.9 Å². The van der Waals surface area contributed by atoms with Crippen LogP contribution in [0.3, 0.4) is 0 Å². The number of amides is 1. The minimum absolute atomic E-state index is 0.0104. The van der Waals surface area contributed by atoms with Crippen molar-refractivity contribution in [3.63, 3.8) is 0 Å². The summed E-state index contributed by atoms with van der Waals surface area (Å²) < 4.78 is 24.0. The fourth-order valence-corrected chi connectivity index (χ4v) is 4.40. The molecule has 9 nitrogen and oxygen atoms in total. The molecule has 2 aromatic carbocycles. The lowest BCUT2D eigenvalue weighted by atomic mass is 9.83. The highest BCUT2D eigenvalue weighted by Gasteiger charge is 2.35. The number of sulfonamides is 1. The number of carbonyl (C=O) groups excluding carboxylic acids is 1. The van der Waals surface area contributed by atoms with Crippen LogP contribution in [-0.4, -0.2) is 50.3 Å². The van der Waals surface area contributed by atoms with Gasteiger partial charge in [0.05, 0.1) is 16.0 Å². The molecule has 0 aliphatic carbocycles. The molecule has 1 fully saturated rings. The van der Waals surface area contributed by atoms with E-state index >= 15 is 0 Å². The molecule has 0 bridgehead atoms. The van der Waals surface area contributed by atoms with Crippen molar-refractivity contribution in [1.82, 2.24) is 4.90 Å². The molecule has 2 aromatic rings. The molecule has 0 radical (unpaired) electrons. The van der Waals surface area contributed by atoms with E-state index in [1.807, 2.05) is 44.2 Å². The summed E-state index contributed by atoms with van der Waals surface area (Å²) in [7, 11) is -4.15. The van der Waals surface area contributed by atoms with Crippen LogP contribution in [0.15, 0.2) is 53.4 Å². The largest absolute Gasteiger partial charge is 0.367 e. The van der Waals surface area contributed by atoms with Gasteiger partial charge in [-0.25, -0.2) is 13.6 Å². The highest BCUT2D eigenvalue weighted by atomic mass is 32.2. The van der Waals surface area contributed by atoms with E-state index < -0.39 is 20.4 Å². The van der Waals surface area contributed by atoms with Gasteiger partial charge in [0.15, 0.2) is 0 Å². The number of non-ortho nitro benzene ring substituents is 1. The van der Waals surface area contributed by atoms with E-state index in [1.165, 1.54) is 12.1 Å². The zero-order valence-corrected chi connectivity index (χ0v) is 17.6. The number of nitrogens with two attached hydrogens (primary N) is 1. The van der Waals surface area contributed by atoms with Gasteiger partial charge in [0.2, 0.25) is 15.9 Å². The maximum Gasteiger partial charge on any atom is 0.270 e. The lowest BCUT2D eigenvalue weighted by Crippen LogP contribution is -2.53. The Hall–Kier alpha value is -2.98. The predicted molar refractivity (Wildman–Crippen MR) is 113 cm³/mol. The first kappa shape index (κ1) is 21.7. The third-order valence-electron chi connectivity index (χ3n) is 5.40. The summed E-state index contributed by atoms with van der Waals surface area (Å²) in [5, 5.41) is 16.3. The van der Waals surface area contributed by atoms with Gasteiger partial charge < -0.3 is 9.80 Å². The van der Waals surface area contributed by atoms with Crippen LogP contribution in [0.25, 0.3) is 0 Å². The Bertz CT molecular complexity index is 1060. The molecular weight excluding hydrogens is 408 g/mol. The molecule has 0 spiro atoms. The van der Waals surface area contributed by atoms with Gasteiger partial charge in [-0.15, -0.1) is 0 Å². The summed E-state index contributed by atoms with van der Waals surface area (Å²) in [6.07, 6.45) is 0. The molecule has 30 heavy (non-hydrogen) atoms. The minimum Gasteiger partial charge on any atom is -0.367 e. The first-order valence-electron chi connectivity index (χ1n) is 9.43. The molecule has 1 aliphatic heterocycles. The molecule has 3 rings (SSSR count). The maximum absolute atomic E-state index is 13.1. The fraction of sp³-hybridized carbons (Fsp3) is 0.350. The Morgan fingerprint density at radius 2 is 1.67 bits per heavy atom. The third kappa shape index (κ3) is 4.29. The maximum atomic E-state index is 13.1. The van der Waals surface area contributed by atoms with Gasteiger partial charge in [0.1, 0.15) is 4.90 Å². The number of piperazine rings is 1. The second-order valence-electron chi connectivity index (χ2n) is 7.72. The second kappa shape index (κ2) is 8.04. The second-order valence-corrected chi connectivity index (χ2v) is 9.25. The van der Waals surface area contributed by atoms with E-state index in [1.54, 1.807) is 9.80 Å². The van der Waals surface area contributed by atoms with Gasteiger partial charge in [0, 0.05) is 38.3 Å². The molecule has 0 saturated carbocycles. The minimum atomic E-state index is -4.15. The van der Waals surface area contributed by atoms with Gasteiger partial charge in [0.25, 0.3) is 5.69 Å². The van der Waals surface area contributed by atoms with Crippen LogP contribution in [-0.2, 0) is 20.2 Å². The highest BCUT2D eigenvalue weighted by molar-refractivity contribution is 7.89. The highest BCUT2D eigenvalue weighted by Crippen LogP contribution is 2.31. The van der Waals surface area contributed by atoms with E-state index in [4.69, 9.17) is 5.14 Å². The SMILES string of the molecule is CC(C)(C(=O)N1CCN(c2ccc([N+](=O)[O-])cc2S(N)(=O)=O)CC1)c1ccccc1. The number of carbonyl (C=O) groups is 1. The van der Waals surface area contributed by atoms with Crippen molar-refractivity contribution in [1.29, 1.82) is 0 Å². The molecule has 160 valence electrons. The zero-order valence-electron chi connectivity index (χ0n) is 16.8. The molecule has 1 amide bonds. The Kier molecular flexibility index (Phi) is 5.82. The van der Waals surface area contributed by atoms with E-state index in [9.17, 15) is 23.3 Å². The van der Waals surface area contributed by atoms with E-state index in [0.717, 1.165) is 11.6 Å². The number of primary sulfonamides is 1. The average molecular weight is 433 g/mol. The molecule has 0 atom stereocenters. The van der Waals surface area contributed by atoms with Crippen molar-refractivity contribution >= 4 is 27.3 Å². The number of nitro groups is 1. The number of hydrogen-bond acceptors (Lipinski definition) is 6. The lowest BCUT2D eigenvalue weighted by Gasteiger charge is -2.40. The molecule has 10 heteroatoms. The van der Waals surface area contributed by atoms with Gasteiger partial charge in [-0.1, -0.05) is 30.3 Å². The molecule has 0 unspecified atom stereocenters. The molecule has 1 heterocycles. The first-order valence-corrected chi connectivity index (χ1v) is 11.0. The van der Waals surface area contributed by atoms with Crippen molar-refractivity contribution in [2.24, 2.45) is 5.14 Å². The van der Waals surface area contributed by atoms with Crippen molar-refractivity contribution in [2.45, 2.75) is 24.2 Å². The number of rotatable bonds is 5. The van der Waals surface area contributed by atoms with Crippen LogP contribution >= 0.6 is 0 Å². The predicted octanol–water partition coefficient (Wildman–Crippen LogP) is 1.87. The standard InChI is InChI=1S/C20H24N4O5S/c1-20(2,15-6-4-3-5-7-15)19(25)23-12-10-22(11-13-23)17-9-8-16(24(26)27)14-18(17)30(21,28)29/h3-9,14H,10-13H2,1-2H3,(H2,21,28,29). The van der Waals surface area contributed by atoms with Crippen molar-refractivity contribution in [2.75, 3.05) is 31.1 Å². The van der Waals surface area contributed by atoms with Crippen LogP contribution in [0.1, 0.15) is 19.4 Å². The fourth-order valence-electron chi connectivity index (χ4n) is 3.63. The summed E-state index contributed by atoms with van der Waals surface area (Å²) in [5.74, 6) is -0.0104. The van der Waals surface area contributed by atoms with Gasteiger partial charge >= 0.3 is 0 Å². The van der Waals surface area contributed by atoms with Crippen LogP contribution in [0.5, 0.6) is 0 Å². The quantitative estimate of drug-likeness (QED) is 0.568. The van der Waals surface area contributed by atoms with Crippen molar-refractivity contribution in [3.05, 3.63) is 64.2 Å². The molecule has 1 saturated heterocycles. The number of nitrogens with zero attached hydrogens (tertiary/aromatic N) is 3. The third-order valence-corrected chi connectivity index (χ3v) is 6.34. The summed E-state index contributed by atoms with van der Waals surface area (Å²) in [4.78, 5) is 26.7. The van der Waals surface area contributed by atoms with Crippen molar-refractivity contribution in [3.8, 4) is 0 Å². The Labute approximate surface area is 175 Å². The van der Waals surface area contributed by atoms with Gasteiger partial charge in [-0.05, 0) is 25.5 Å². The van der Waals surface area contributed by atoms with Crippen LogP contribution in [0.2, 0.25) is 0 Å².